The van der Waals surface area contributed by atoms with Crippen LogP contribution in [0.1, 0.15) is 22.0 Å². The lowest BCUT2D eigenvalue weighted by Crippen LogP contribution is -2.25. The van der Waals surface area contributed by atoms with Crippen LogP contribution in [0.2, 0.25) is 0 Å². The Hall–Kier alpha value is -2.58. The Bertz CT molecular complexity index is 999. The van der Waals surface area contributed by atoms with Gasteiger partial charge in [-0.05, 0) is 39.1 Å². The standard InChI is InChI=1S/C18H20N6OS/c1-10-11(2)20-15-8-12(4-5-13(15)19-10)21-17(25)23-18-22-14-6-7-24(3)9-16(14)26-18/h4-5,8H,6-7,9H2,1-3H3,(H2,21,22,23,25). The van der Waals surface area contributed by atoms with Crippen LogP contribution in [0.25, 0.3) is 11.0 Å². The van der Waals surface area contributed by atoms with Gasteiger partial charge in [0.1, 0.15) is 0 Å². The zero-order valence-corrected chi connectivity index (χ0v) is 15.8. The Labute approximate surface area is 155 Å². The molecule has 3 heterocycles. The molecule has 2 amide bonds. The van der Waals surface area contributed by atoms with Crippen molar-refractivity contribution in [1.29, 1.82) is 0 Å². The van der Waals surface area contributed by atoms with Crippen LogP contribution >= 0.6 is 11.3 Å². The van der Waals surface area contributed by atoms with Crippen molar-refractivity contribution >= 4 is 39.2 Å². The van der Waals surface area contributed by atoms with E-state index in [9.17, 15) is 4.79 Å². The normalized spacial score (nSPS) is 14.3. The zero-order valence-electron chi connectivity index (χ0n) is 15.0. The number of thiazole rings is 1. The van der Waals surface area contributed by atoms with Gasteiger partial charge in [-0.2, -0.15) is 0 Å². The second kappa shape index (κ2) is 6.62. The molecule has 0 saturated carbocycles. The molecule has 4 rings (SSSR count). The first kappa shape index (κ1) is 16.9. The van der Waals surface area contributed by atoms with E-state index in [-0.39, 0.29) is 6.03 Å². The fraction of sp³-hybridized carbons (Fsp3) is 0.333. The number of nitrogens with one attached hydrogen (secondary N) is 2. The van der Waals surface area contributed by atoms with E-state index in [1.807, 2.05) is 32.0 Å². The van der Waals surface area contributed by atoms with Crippen molar-refractivity contribution in [2.75, 3.05) is 24.2 Å². The molecule has 0 atom stereocenters. The largest absolute Gasteiger partial charge is 0.325 e. The molecule has 0 fully saturated rings. The van der Waals surface area contributed by atoms with Gasteiger partial charge >= 0.3 is 6.03 Å². The monoisotopic (exact) mass is 368 g/mol. The van der Waals surface area contributed by atoms with Gasteiger partial charge < -0.3 is 10.2 Å². The van der Waals surface area contributed by atoms with E-state index >= 15 is 0 Å². The van der Waals surface area contributed by atoms with Crippen LogP contribution in [-0.4, -0.2) is 39.5 Å². The minimum atomic E-state index is -0.305. The molecule has 7 nitrogen and oxygen atoms in total. The van der Waals surface area contributed by atoms with Gasteiger partial charge in [0.15, 0.2) is 5.13 Å². The SMILES string of the molecule is Cc1nc2ccc(NC(=O)Nc3nc4c(s3)CN(C)CC4)cc2nc1C. The first-order chi connectivity index (χ1) is 12.5. The third kappa shape index (κ3) is 3.38. The molecule has 1 aliphatic rings. The fourth-order valence-corrected chi connectivity index (χ4v) is 4.03. The average molecular weight is 368 g/mol. The first-order valence-electron chi connectivity index (χ1n) is 8.48. The lowest BCUT2D eigenvalue weighted by atomic mass is 10.2. The molecular formula is C18H20N6OS. The molecule has 0 radical (unpaired) electrons. The Morgan fingerprint density at radius 2 is 1.88 bits per heavy atom. The highest BCUT2D eigenvalue weighted by atomic mass is 32.1. The van der Waals surface area contributed by atoms with Gasteiger partial charge in [-0.3, -0.25) is 5.32 Å². The number of carbonyl (C=O) groups excluding carboxylic acids is 1. The number of carbonyl (C=O) groups is 1. The van der Waals surface area contributed by atoms with Crippen molar-refractivity contribution in [2.45, 2.75) is 26.8 Å². The van der Waals surface area contributed by atoms with Gasteiger partial charge in [-0.25, -0.2) is 19.7 Å². The van der Waals surface area contributed by atoms with Gasteiger partial charge in [0.25, 0.3) is 0 Å². The molecule has 8 heteroatoms. The fourth-order valence-electron chi connectivity index (χ4n) is 2.94. The molecule has 0 saturated heterocycles. The molecule has 2 N–H and O–H groups in total. The summed E-state index contributed by atoms with van der Waals surface area (Å²) in [6, 6.07) is 5.21. The predicted octanol–water partition coefficient (Wildman–Crippen LogP) is 3.34. The van der Waals surface area contributed by atoms with E-state index in [4.69, 9.17) is 0 Å². The van der Waals surface area contributed by atoms with Gasteiger partial charge in [0.05, 0.1) is 28.1 Å². The molecule has 134 valence electrons. The molecule has 0 unspecified atom stereocenters. The Morgan fingerprint density at radius 3 is 2.69 bits per heavy atom. The van der Waals surface area contributed by atoms with Crippen molar-refractivity contribution in [3.05, 3.63) is 40.2 Å². The number of nitrogens with zero attached hydrogens (tertiary/aromatic N) is 4. The lowest BCUT2D eigenvalue weighted by molar-refractivity contribution is 0.262. The van der Waals surface area contributed by atoms with E-state index in [0.717, 1.165) is 47.6 Å². The summed E-state index contributed by atoms with van der Waals surface area (Å²) in [6.45, 7) is 5.75. The molecule has 2 aromatic heterocycles. The number of hydrogen-bond donors (Lipinski definition) is 2. The number of aryl methyl sites for hydroxylation is 2. The van der Waals surface area contributed by atoms with E-state index < -0.39 is 0 Å². The van der Waals surface area contributed by atoms with Crippen LogP contribution in [-0.2, 0) is 13.0 Å². The number of anilines is 2. The van der Waals surface area contributed by atoms with E-state index in [0.29, 0.717) is 10.8 Å². The number of benzene rings is 1. The number of urea groups is 1. The maximum Gasteiger partial charge on any atom is 0.325 e. The van der Waals surface area contributed by atoms with E-state index in [1.54, 1.807) is 0 Å². The summed E-state index contributed by atoms with van der Waals surface area (Å²) in [5.74, 6) is 0. The Balaban J connectivity index is 1.48. The second-order valence-electron chi connectivity index (χ2n) is 6.55. The lowest BCUT2D eigenvalue weighted by Gasteiger charge is -2.20. The first-order valence-corrected chi connectivity index (χ1v) is 9.30. The summed E-state index contributed by atoms with van der Waals surface area (Å²) in [4.78, 5) is 29.4. The molecule has 1 aliphatic heterocycles. The number of fused-ring (bicyclic) bond motifs is 2. The third-order valence-corrected chi connectivity index (χ3v) is 5.47. The molecule has 0 aliphatic carbocycles. The van der Waals surface area contributed by atoms with E-state index in [1.165, 1.54) is 16.2 Å². The minimum absolute atomic E-state index is 0.305. The summed E-state index contributed by atoms with van der Waals surface area (Å²) in [5, 5.41) is 6.31. The Morgan fingerprint density at radius 1 is 1.12 bits per heavy atom. The highest BCUT2D eigenvalue weighted by Gasteiger charge is 2.19. The van der Waals surface area contributed by atoms with Crippen LogP contribution in [0.15, 0.2) is 18.2 Å². The van der Waals surface area contributed by atoms with Crippen molar-refractivity contribution in [2.24, 2.45) is 0 Å². The van der Waals surface area contributed by atoms with E-state index in [2.05, 4.69) is 37.5 Å². The minimum Gasteiger partial charge on any atom is -0.308 e. The quantitative estimate of drug-likeness (QED) is 0.725. The summed E-state index contributed by atoms with van der Waals surface area (Å²) in [5.41, 5.74) is 5.14. The zero-order chi connectivity index (χ0) is 18.3. The number of hydrogen-bond acceptors (Lipinski definition) is 6. The average Bonchev–Trinajstić information content (AvgIpc) is 2.97. The molecule has 1 aromatic carbocycles. The molecule has 26 heavy (non-hydrogen) atoms. The number of aromatic nitrogens is 3. The molecular weight excluding hydrogens is 348 g/mol. The molecule has 0 bridgehead atoms. The summed E-state index contributed by atoms with van der Waals surface area (Å²) in [7, 11) is 2.09. The summed E-state index contributed by atoms with van der Waals surface area (Å²) >= 11 is 1.54. The van der Waals surface area contributed by atoms with Crippen molar-refractivity contribution < 1.29 is 4.79 Å². The smallest absolute Gasteiger partial charge is 0.308 e. The van der Waals surface area contributed by atoms with Crippen molar-refractivity contribution in [3.63, 3.8) is 0 Å². The second-order valence-corrected chi connectivity index (χ2v) is 7.64. The number of likely N-dealkylation sites (N-methyl/N-ethyl adjacent to an activating group) is 1. The maximum atomic E-state index is 12.3. The van der Waals surface area contributed by atoms with Crippen LogP contribution in [0.5, 0.6) is 0 Å². The van der Waals surface area contributed by atoms with Gasteiger partial charge in [-0.1, -0.05) is 0 Å². The number of amides is 2. The Kier molecular flexibility index (Phi) is 4.29. The maximum absolute atomic E-state index is 12.3. The topological polar surface area (TPSA) is 83.0 Å². The van der Waals surface area contributed by atoms with Crippen LogP contribution in [0.3, 0.4) is 0 Å². The van der Waals surface area contributed by atoms with Crippen LogP contribution < -0.4 is 10.6 Å². The number of rotatable bonds is 2. The van der Waals surface area contributed by atoms with Crippen LogP contribution in [0.4, 0.5) is 15.6 Å². The summed E-state index contributed by atoms with van der Waals surface area (Å²) in [6.07, 6.45) is 0.924. The molecule has 0 spiro atoms. The van der Waals surface area contributed by atoms with Crippen LogP contribution in [0, 0.1) is 13.8 Å². The van der Waals surface area contributed by atoms with Crippen molar-refractivity contribution in [1.82, 2.24) is 19.9 Å². The van der Waals surface area contributed by atoms with Gasteiger partial charge in [0.2, 0.25) is 0 Å². The highest BCUT2D eigenvalue weighted by Crippen LogP contribution is 2.28. The van der Waals surface area contributed by atoms with Crippen molar-refractivity contribution in [3.8, 4) is 0 Å². The predicted molar refractivity (Wildman–Crippen MR) is 104 cm³/mol. The van der Waals surface area contributed by atoms with Gasteiger partial charge in [-0.15, -0.1) is 11.3 Å². The van der Waals surface area contributed by atoms with Gasteiger partial charge in [0, 0.05) is 30.1 Å². The third-order valence-electron chi connectivity index (χ3n) is 4.48. The molecule has 3 aromatic rings. The highest BCUT2D eigenvalue weighted by molar-refractivity contribution is 7.15. The summed E-state index contributed by atoms with van der Waals surface area (Å²) < 4.78 is 0.